The van der Waals surface area contributed by atoms with Gasteiger partial charge in [0.15, 0.2) is 5.75 Å². The molecule has 0 aromatic carbocycles. The summed E-state index contributed by atoms with van der Waals surface area (Å²) in [6.07, 6.45) is 3.78. The summed E-state index contributed by atoms with van der Waals surface area (Å²) in [5.41, 5.74) is 5.38. The first-order chi connectivity index (χ1) is 7.49. The fraction of sp³-hybridized carbons (Fsp3) is 0.600. The Balaban J connectivity index is 2.43. The van der Waals surface area contributed by atoms with Crippen LogP contribution in [0, 0.1) is 0 Å². The van der Waals surface area contributed by atoms with Gasteiger partial charge in [0, 0.05) is 6.54 Å². The molecule has 0 amide bonds. The minimum Gasteiger partial charge on any atom is -0.488 e. The van der Waals surface area contributed by atoms with E-state index >= 15 is 0 Å². The average Bonchev–Trinajstić information content (AvgIpc) is 2.60. The molecule has 6 heteroatoms. The zero-order valence-electron chi connectivity index (χ0n) is 9.46. The van der Waals surface area contributed by atoms with Crippen LogP contribution in [0.1, 0.15) is 20.3 Å². The van der Waals surface area contributed by atoms with Crippen LogP contribution >= 0.6 is 0 Å². The van der Waals surface area contributed by atoms with Crippen molar-refractivity contribution in [1.29, 1.82) is 0 Å². The van der Waals surface area contributed by atoms with E-state index in [0.717, 1.165) is 0 Å². The van der Waals surface area contributed by atoms with Gasteiger partial charge in [0.1, 0.15) is 6.04 Å². The lowest BCUT2D eigenvalue weighted by Crippen LogP contribution is -2.31. The Morgan fingerprint density at radius 2 is 2.38 bits per heavy atom. The molecule has 0 aliphatic rings. The maximum absolute atomic E-state index is 10.5. The SMILES string of the molecule is CC(C)Oc1cnn(CCC(N)C(=O)O)c1. The highest BCUT2D eigenvalue weighted by Gasteiger charge is 2.11. The molecule has 90 valence electrons. The van der Waals surface area contributed by atoms with Crippen molar-refractivity contribution in [2.45, 2.75) is 39.0 Å². The number of carbonyl (C=O) groups is 1. The van der Waals surface area contributed by atoms with Gasteiger partial charge in [0.25, 0.3) is 0 Å². The maximum Gasteiger partial charge on any atom is 0.320 e. The minimum absolute atomic E-state index is 0.0962. The first-order valence-corrected chi connectivity index (χ1v) is 5.16. The van der Waals surface area contributed by atoms with Crippen LogP contribution in [-0.4, -0.2) is 33.0 Å². The highest BCUT2D eigenvalue weighted by Crippen LogP contribution is 2.10. The Bertz CT molecular complexity index is 349. The summed E-state index contributed by atoms with van der Waals surface area (Å²) in [5, 5.41) is 12.6. The molecule has 6 nitrogen and oxygen atoms in total. The Morgan fingerprint density at radius 3 is 2.94 bits per heavy atom. The molecule has 0 saturated heterocycles. The number of aliphatic carboxylic acids is 1. The van der Waals surface area contributed by atoms with Crippen molar-refractivity contribution in [3.8, 4) is 5.75 Å². The van der Waals surface area contributed by atoms with Gasteiger partial charge in [-0.2, -0.15) is 5.10 Å². The van der Waals surface area contributed by atoms with Crippen molar-refractivity contribution < 1.29 is 14.6 Å². The van der Waals surface area contributed by atoms with Gasteiger partial charge in [-0.25, -0.2) is 0 Å². The third-order valence-corrected chi connectivity index (χ3v) is 1.97. The lowest BCUT2D eigenvalue weighted by Gasteiger charge is -2.06. The number of carboxylic acid groups (broad SMARTS) is 1. The number of rotatable bonds is 6. The summed E-state index contributed by atoms with van der Waals surface area (Å²) in [7, 11) is 0. The molecule has 1 aromatic rings. The fourth-order valence-corrected chi connectivity index (χ4v) is 1.19. The van der Waals surface area contributed by atoms with E-state index in [2.05, 4.69) is 5.10 Å². The predicted octanol–water partition coefficient (Wildman–Crippen LogP) is 0.472. The van der Waals surface area contributed by atoms with Crippen molar-refractivity contribution in [2.24, 2.45) is 5.73 Å². The molecular formula is C10H17N3O3. The molecular weight excluding hydrogens is 210 g/mol. The number of carboxylic acids is 1. The van der Waals surface area contributed by atoms with E-state index in [1.54, 1.807) is 17.1 Å². The normalized spacial score (nSPS) is 12.8. The molecule has 0 bridgehead atoms. The van der Waals surface area contributed by atoms with Crippen LogP contribution in [0.4, 0.5) is 0 Å². The molecule has 1 rings (SSSR count). The van der Waals surface area contributed by atoms with Gasteiger partial charge >= 0.3 is 5.97 Å². The van der Waals surface area contributed by atoms with Gasteiger partial charge < -0.3 is 15.6 Å². The van der Waals surface area contributed by atoms with Crippen molar-refractivity contribution in [2.75, 3.05) is 0 Å². The van der Waals surface area contributed by atoms with E-state index in [4.69, 9.17) is 15.6 Å². The molecule has 0 spiro atoms. The monoisotopic (exact) mass is 227 g/mol. The fourth-order valence-electron chi connectivity index (χ4n) is 1.19. The molecule has 0 fully saturated rings. The number of ether oxygens (including phenoxy) is 1. The summed E-state index contributed by atoms with van der Waals surface area (Å²) in [6, 6.07) is -0.848. The first-order valence-electron chi connectivity index (χ1n) is 5.16. The van der Waals surface area contributed by atoms with Crippen molar-refractivity contribution in [3.05, 3.63) is 12.4 Å². The molecule has 0 aliphatic carbocycles. The van der Waals surface area contributed by atoms with Crippen LogP contribution in [0.15, 0.2) is 12.4 Å². The lowest BCUT2D eigenvalue weighted by molar-refractivity contribution is -0.138. The van der Waals surface area contributed by atoms with E-state index in [9.17, 15) is 4.79 Å². The Kier molecular flexibility index (Phi) is 4.30. The summed E-state index contributed by atoms with van der Waals surface area (Å²) in [5.74, 6) is -0.315. The van der Waals surface area contributed by atoms with E-state index in [-0.39, 0.29) is 6.10 Å². The number of nitrogens with two attached hydrogens (primary N) is 1. The van der Waals surface area contributed by atoms with Gasteiger partial charge in [-0.05, 0) is 20.3 Å². The number of aromatic nitrogens is 2. The van der Waals surface area contributed by atoms with Crippen LogP contribution in [0.2, 0.25) is 0 Å². The van der Waals surface area contributed by atoms with Gasteiger partial charge in [-0.15, -0.1) is 0 Å². The number of nitrogens with zero attached hydrogens (tertiary/aromatic N) is 2. The molecule has 16 heavy (non-hydrogen) atoms. The lowest BCUT2D eigenvalue weighted by atomic mass is 10.2. The Labute approximate surface area is 94.0 Å². The summed E-state index contributed by atoms with van der Waals surface area (Å²) in [6.45, 7) is 4.32. The molecule has 1 atom stereocenters. The van der Waals surface area contributed by atoms with E-state index in [0.29, 0.717) is 18.7 Å². The second-order valence-corrected chi connectivity index (χ2v) is 3.84. The predicted molar refractivity (Wildman–Crippen MR) is 58.2 cm³/mol. The summed E-state index contributed by atoms with van der Waals surface area (Å²) in [4.78, 5) is 10.5. The van der Waals surface area contributed by atoms with Gasteiger partial charge in [0.2, 0.25) is 0 Å². The standard InChI is InChI=1S/C10H17N3O3/c1-7(2)16-8-5-12-13(6-8)4-3-9(11)10(14)15/h5-7,9H,3-4,11H2,1-2H3,(H,14,15). The third kappa shape index (κ3) is 3.90. The van der Waals surface area contributed by atoms with Crippen molar-refractivity contribution in [1.82, 2.24) is 9.78 Å². The number of hydrogen-bond acceptors (Lipinski definition) is 4. The van der Waals surface area contributed by atoms with Crippen molar-refractivity contribution in [3.63, 3.8) is 0 Å². The van der Waals surface area contributed by atoms with Crippen molar-refractivity contribution >= 4 is 5.97 Å². The average molecular weight is 227 g/mol. The number of aryl methyl sites for hydroxylation is 1. The van der Waals surface area contributed by atoms with E-state index in [1.165, 1.54) is 0 Å². The van der Waals surface area contributed by atoms with Crippen LogP contribution in [-0.2, 0) is 11.3 Å². The maximum atomic E-state index is 10.5. The van der Waals surface area contributed by atoms with E-state index < -0.39 is 12.0 Å². The number of hydrogen-bond donors (Lipinski definition) is 2. The largest absolute Gasteiger partial charge is 0.488 e. The molecule has 1 aromatic heterocycles. The second kappa shape index (κ2) is 5.50. The summed E-state index contributed by atoms with van der Waals surface area (Å²) >= 11 is 0. The van der Waals surface area contributed by atoms with E-state index in [1.807, 2.05) is 13.8 Å². The van der Waals surface area contributed by atoms with Crippen LogP contribution in [0.5, 0.6) is 5.75 Å². The quantitative estimate of drug-likeness (QED) is 0.737. The van der Waals surface area contributed by atoms with Crippen LogP contribution < -0.4 is 10.5 Å². The summed E-state index contributed by atoms with van der Waals surface area (Å²) < 4.78 is 7.04. The molecule has 0 radical (unpaired) electrons. The van der Waals surface area contributed by atoms with Crippen LogP contribution in [0.25, 0.3) is 0 Å². The third-order valence-electron chi connectivity index (χ3n) is 1.97. The van der Waals surface area contributed by atoms with Gasteiger partial charge in [-0.1, -0.05) is 0 Å². The first kappa shape index (κ1) is 12.5. The minimum atomic E-state index is -0.995. The second-order valence-electron chi connectivity index (χ2n) is 3.84. The van der Waals surface area contributed by atoms with Crippen LogP contribution in [0.3, 0.4) is 0 Å². The highest BCUT2D eigenvalue weighted by molar-refractivity contribution is 5.72. The Hall–Kier alpha value is -1.56. The molecule has 3 N–H and O–H groups in total. The smallest absolute Gasteiger partial charge is 0.320 e. The highest BCUT2D eigenvalue weighted by atomic mass is 16.5. The topological polar surface area (TPSA) is 90.4 Å². The van der Waals surface area contributed by atoms with Gasteiger partial charge in [-0.3, -0.25) is 9.48 Å². The molecule has 0 aliphatic heterocycles. The van der Waals surface area contributed by atoms with Gasteiger partial charge in [0.05, 0.1) is 18.5 Å². The Morgan fingerprint density at radius 1 is 1.69 bits per heavy atom. The molecule has 1 unspecified atom stereocenters. The molecule has 0 saturated carbocycles. The molecule has 1 heterocycles. The zero-order valence-corrected chi connectivity index (χ0v) is 9.46. The zero-order chi connectivity index (χ0) is 12.1.